The molecule has 112 valence electrons. The largest absolute Gasteiger partial charge is 0.370 e. The predicted molar refractivity (Wildman–Crippen MR) is 88.8 cm³/mol. The van der Waals surface area contributed by atoms with Crippen molar-refractivity contribution in [1.29, 1.82) is 0 Å². The van der Waals surface area contributed by atoms with Crippen molar-refractivity contribution in [3.63, 3.8) is 0 Å². The maximum Gasteiger partial charge on any atom is 0.132 e. The lowest BCUT2D eigenvalue weighted by Crippen LogP contribution is -2.11. The topological polar surface area (TPSA) is 49.8 Å². The molecule has 0 aliphatic rings. The smallest absolute Gasteiger partial charge is 0.132 e. The number of hydrogen-bond acceptors (Lipinski definition) is 4. The van der Waals surface area contributed by atoms with Crippen molar-refractivity contribution in [3.8, 4) is 0 Å². The summed E-state index contributed by atoms with van der Waals surface area (Å²) in [6, 6.07) is 10.6. The Kier molecular flexibility index (Phi) is 5.14. The van der Waals surface area contributed by atoms with Gasteiger partial charge in [0, 0.05) is 12.6 Å². The van der Waals surface area contributed by atoms with Crippen LogP contribution in [0, 0.1) is 13.8 Å². The van der Waals surface area contributed by atoms with E-state index >= 15 is 0 Å². The van der Waals surface area contributed by atoms with Crippen LogP contribution in [0.1, 0.15) is 43.3 Å². The van der Waals surface area contributed by atoms with E-state index in [0.29, 0.717) is 0 Å². The van der Waals surface area contributed by atoms with Gasteiger partial charge in [-0.15, -0.1) is 0 Å². The predicted octanol–water partition coefficient (Wildman–Crippen LogP) is 4.09. The first kappa shape index (κ1) is 15.3. The molecule has 0 amide bonds. The Morgan fingerprint density at radius 2 is 1.81 bits per heavy atom. The molecule has 0 saturated heterocycles. The molecular weight excluding hydrogens is 260 g/mol. The summed E-state index contributed by atoms with van der Waals surface area (Å²) < 4.78 is 0. The van der Waals surface area contributed by atoms with Crippen LogP contribution in [0.25, 0.3) is 0 Å². The van der Waals surface area contributed by atoms with Gasteiger partial charge in [-0.2, -0.15) is 0 Å². The second-order valence-electron chi connectivity index (χ2n) is 5.34. The average molecular weight is 284 g/mol. The summed E-state index contributed by atoms with van der Waals surface area (Å²) in [4.78, 5) is 8.88. The van der Waals surface area contributed by atoms with Gasteiger partial charge in [0.05, 0.1) is 6.04 Å². The summed E-state index contributed by atoms with van der Waals surface area (Å²) in [5, 5.41) is 6.77. The van der Waals surface area contributed by atoms with Gasteiger partial charge < -0.3 is 10.6 Å². The normalized spacial score (nSPS) is 12.0. The minimum atomic E-state index is 0.208. The summed E-state index contributed by atoms with van der Waals surface area (Å²) in [5.74, 6) is 2.51. The summed E-state index contributed by atoms with van der Waals surface area (Å²) in [6.07, 6.45) is 1.07. The Morgan fingerprint density at radius 3 is 2.52 bits per heavy atom. The van der Waals surface area contributed by atoms with E-state index in [-0.39, 0.29) is 6.04 Å². The fraction of sp³-hybridized carbons (Fsp3) is 0.412. The number of rotatable bonds is 6. The van der Waals surface area contributed by atoms with Crippen LogP contribution >= 0.6 is 0 Å². The first-order chi connectivity index (χ1) is 10.1. The lowest BCUT2D eigenvalue weighted by Gasteiger charge is -2.18. The molecule has 2 aromatic rings. The highest BCUT2D eigenvalue weighted by molar-refractivity contribution is 5.49. The van der Waals surface area contributed by atoms with E-state index in [1.165, 1.54) is 11.1 Å². The van der Waals surface area contributed by atoms with Gasteiger partial charge in [-0.1, -0.05) is 31.2 Å². The zero-order chi connectivity index (χ0) is 15.2. The van der Waals surface area contributed by atoms with Crippen molar-refractivity contribution < 1.29 is 0 Å². The second-order valence-corrected chi connectivity index (χ2v) is 5.34. The molecule has 4 heteroatoms. The zero-order valence-corrected chi connectivity index (χ0v) is 13.3. The molecule has 0 spiro atoms. The Bertz CT molecular complexity index is 595. The molecule has 0 radical (unpaired) electrons. The van der Waals surface area contributed by atoms with Crippen molar-refractivity contribution in [2.24, 2.45) is 0 Å². The summed E-state index contributed by atoms with van der Waals surface area (Å²) in [6.45, 7) is 9.26. The highest BCUT2D eigenvalue weighted by atomic mass is 15.1. The molecular formula is C17H24N4. The van der Waals surface area contributed by atoms with Gasteiger partial charge in [-0.25, -0.2) is 9.97 Å². The first-order valence-corrected chi connectivity index (χ1v) is 7.51. The first-order valence-electron chi connectivity index (χ1n) is 7.51. The highest BCUT2D eigenvalue weighted by Gasteiger charge is 2.09. The molecule has 0 aliphatic heterocycles. The standard InChI is InChI=1S/C17H24N4/c1-5-10-18-16-11-17(21-14(4)20-16)19-13(3)15-9-7-6-8-12(15)2/h6-9,11,13H,5,10H2,1-4H3,(H2,18,19,20,21). The lowest BCUT2D eigenvalue weighted by atomic mass is 10.0. The van der Waals surface area contributed by atoms with E-state index in [2.05, 4.69) is 65.6 Å². The van der Waals surface area contributed by atoms with E-state index < -0.39 is 0 Å². The minimum Gasteiger partial charge on any atom is -0.370 e. The maximum absolute atomic E-state index is 4.47. The molecule has 0 fully saturated rings. The van der Waals surface area contributed by atoms with Crippen LogP contribution in [0.15, 0.2) is 30.3 Å². The highest BCUT2D eigenvalue weighted by Crippen LogP contribution is 2.22. The van der Waals surface area contributed by atoms with Gasteiger partial charge in [0.2, 0.25) is 0 Å². The van der Waals surface area contributed by atoms with E-state index in [1.807, 2.05) is 13.0 Å². The van der Waals surface area contributed by atoms with Crippen molar-refractivity contribution in [1.82, 2.24) is 9.97 Å². The third kappa shape index (κ3) is 4.18. The minimum absolute atomic E-state index is 0.208. The number of aryl methyl sites for hydroxylation is 2. The molecule has 1 unspecified atom stereocenters. The maximum atomic E-state index is 4.47. The Balaban J connectivity index is 2.15. The van der Waals surface area contributed by atoms with Crippen molar-refractivity contribution >= 4 is 11.6 Å². The number of anilines is 2. The monoisotopic (exact) mass is 284 g/mol. The molecule has 4 nitrogen and oxygen atoms in total. The van der Waals surface area contributed by atoms with E-state index in [0.717, 1.165) is 30.4 Å². The molecule has 0 bridgehead atoms. The SMILES string of the molecule is CCCNc1cc(NC(C)c2ccccc2C)nc(C)n1. The van der Waals surface area contributed by atoms with Crippen molar-refractivity contribution in [2.75, 3.05) is 17.2 Å². The fourth-order valence-corrected chi connectivity index (χ4v) is 2.36. The number of nitrogens with one attached hydrogen (secondary N) is 2. The molecule has 1 aromatic carbocycles. The van der Waals surface area contributed by atoms with Crippen LogP contribution in [-0.4, -0.2) is 16.5 Å². The van der Waals surface area contributed by atoms with Gasteiger partial charge in [0.1, 0.15) is 17.5 Å². The lowest BCUT2D eigenvalue weighted by molar-refractivity contribution is 0.857. The third-order valence-electron chi connectivity index (χ3n) is 3.41. The number of aromatic nitrogens is 2. The molecule has 0 aliphatic carbocycles. The Labute approximate surface area is 127 Å². The molecule has 21 heavy (non-hydrogen) atoms. The van der Waals surface area contributed by atoms with E-state index in [9.17, 15) is 0 Å². The Hall–Kier alpha value is -2.10. The molecule has 1 heterocycles. The van der Waals surface area contributed by atoms with Crippen LogP contribution in [0.5, 0.6) is 0 Å². The van der Waals surface area contributed by atoms with Crippen LogP contribution in [-0.2, 0) is 0 Å². The fourth-order valence-electron chi connectivity index (χ4n) is 2.36. The number of nitrogens with zero attached hydrogens (tertiary/aromatic N) is 2. The molecule has 2 rings (SSSR count). The van der Waals surface area contributed by atoms with Crippen LogP contribution in [0.3, 0.4) is 0 Å². The summed E-state index contributed by atoms with van der Waals surface area (Å²) in [5.41, 5.74) is 2.57. The second kappa shape index (κ2) is 7.07. The quantitative estimate of drug-likeness (QED) is 0.839. The van der Waals surface area contributed by atoms with Crippen LogP contribution < -0.4 is 10.6 Å². The molecule has 1 aromatic heterocycles. The van der Waals surface area contributed by atoms with Crippen LogP contribution in [0.4, 0.5) is 11.6 Å². The Morgan fingerprint density at radius 1 is 1.10 bits per heavy atom. The van der Waals surface area contributed by atoms with E-state index in [1.54, 1.807) is 0 Å². The summed E-state index contributed by atoms with van der Waals surface area (Å²) >= 11 is 0. The third-order valence-corrected chi connectivity index (χ3v) is 3.41. The van der Waals surface area contributed by atoms with Crippen molar-refractivity contribution in [2.45, 2.75) is 40.2 Å². The summed E-state index contributed by atoms with van der Waals surface area (Å²) in [7, 11) is 0. The average Bonchev–Trinajstić information content (AvgIpc) is 2.45. The molecule has 1 atom stereocenters. The zero-order valence-electron chi connectivity index (χ0n) is 13.3. The van der Waals surface area contributed by atoms with Gasteiger partial charge in [-0.3, -0.25) is 0 Å². The van der Waals surface area contributed by atoms with Gasteiger partial charge in [0.15, 0.2) is 0 Å². The van der Waals surface area contributed by atoms with Crippen LogP contribution in [0.2, 0.25) is 0 Å². The molecule has 0 saturated carbocycles. The number of benzene rings is 1. The number of hydrogen-bond donors (Lipinski definition) is 2. The molecule has 2 N–H and O–H groups in total. The van der Waals surface area contributed by atoms with Gasteiger partial charge in [-0.05, 0) is 38.3 Å². The van der Waals surface area contributed by atoms with Crippen molar-refractivity contribution in [3.05, 3.63) is 47.3 Å². The van der Waals surface area contributed by atoms with Gasteiger partial charge >= 0.3 is 0 Å². The van der Waals surface area contributed by atoms with Gasteiger partial charge in [0.25, 0.3) is 0 Å². The van der Waals surface area contributed by atoms with E-state index in [4.69, 9.17) is 0 Å².